The number of nitrogens with zero attached hydrogens (tertiary/aromatic N) is 1. The van der Waals surface area contributed by atoms with E-state index in [1.54, 1.807) is 6.92 Å². The number of aryl methyl sites for hydroxylation is 1. The van der Waals surface area contributed by atoms with E-state index >= 15 is 0 Å². The molecule has 76 valence electrons. The van der Waals surface area contributed by atoms with Crippen LogP contribution in [0.5, 0.6) is 0 Å². The minimum absolute atomic E-state index is 0.160. The summed E-state index contributed by atoms with van der Waals surface area (Å²) in [5.41, 5.74) is 0.113. The Hall–Kier alpha value is -1.32. The van der Waals surface area contributed by atoms with Crippen molar-refractivity contribution in [3.8, 4) is 0 Å². The molecule has 0 aliphatic heterocycles. The number of aromatic nitrogens is 1. The Bertz CT molecular complexity index is 353. The predicted molar refractivity (Wildman–Crippen MR) is 48.7 cm³/mol. The summed E-state index contributed by atoms with van der Waals surface area (Å²) < 4.78 is 37.3. The molecule has 0 aromatic carbocycles. The smallest absolute Gasteiger partial charge is 0.262 e. The van der Waals surface area contributed by atoms with Crippen LogP contribution in [-0.2, 0) is 0 Å². The van der Waals surface area contributed by atoms with E-state index in [0.717, 1.165) is 6.08 Å². The van der Waals surface area contributed by atoms with Crippen LogP contribution in [0.15, 0.2) is 24.4 Å². The molecule has 0 aliphatic rings. The highest BCUT2D eigenvalue weighted by Gasteiger charge is 2.33. The minimum atomic E-state index is -4.30. The summed E-state index contributed by atoms with van der Waals surface area (Å²) in [4.78, 5) is 3.84. The Morgan fingerprint density at radius 2 is 2.07 bits per heavy atom. The van der Waals surface area contributed by atoms with Gasteiger partial charge in [0.15, 0.2) is 0 Å². The molecule has 0 bridgehead atoms. The first-order chi connectivity index (χ1) is 6.45. The lowest BCUT2D eigenvalue weighted by molar-refractivity contribution is -0.0689. The van der Waals surface area contributed by atoms with Gasteiger partial charge in [-0.1, -0.05) is 6.08 Å². The van der Waals surface area contributed by atoms with Gasteiger partial charge >= 0.3 is 6.18 Å². The van der Waals surface area contributed by atoms with E-state index in [2.05, 4.69) is 4.98 Å². The molecule has 1 aromatic rings. The van der Waals surface area contributed by atoms with Gasteiger partial charge in [-0.3, -0.25) is 4.98 Å². The third-order valence-electron chi connectivity index (χ3n) is 1.80. The lowest BCUT2D eigenvalue weighted by atomic mass is 10.1. The van der Waals surface area contributed by atoms with Crippen LogP contribution in [0.3, 0.4) is 0 Å². The summed E-state index contributed by atoms with van der Waals surface area (Å²) in [6, 6.07) is 2.78. The maximum atomic E-state index is 12.4. The molecule has 0 saturated heterocycles. The van der Waals surface area contributed by atoms with E-state index in [4.69, 9.17) is 0 Å². The topological polar surface area (TPSA) is 12.9 Å². The first-order valence-electron chi connectivity index (χ1n) is 4.11. The lowest BCUT2D eigenvalue weighted by Gasteiger charge is -2.11. The van der Waals surface area contributed by atoms with Crippen molar-refractivity contribution in [2.45, 2.75) is 20.0 Å². The van der Waals surface area contributed by atoms with Crippen molar-refractivity contribution < 1.29 is 13.2 Å². The second-order valence-corrected chi connectivity index (χ2v) is 2.89. The van der Waals surface area contributed by atoms with Gasteiger partial charge in [0.2, 0.25) is 0 Å². The van der Waals surface area contributed by atoms with Gasteiger partial charge in [0.1, 0.15) is 0 Å². The summed E-state index contributed by atoms with van der Waals surface area (Å²) in [5.74, 6) is 0. The Morgan fingerprint density at radius 1 is 1.43 bits per heavy atom. The van der Waals surface area contributed by atoms with Gasteiger partial charge in [-0.2, -0.15) is 13.2 Å². The van der Waals surface area contributed by atoms with Crippen molar-refractivity contribution in [2.24, 2.45) is 0 Å². The monoisotopic (exact) mass is 201 g/mol. The minimum Gasteiger partial charge on any atom is -0.262 e. The maximum absolute atomic E-state index is 12.4. The Morgan fingerprint density at radius 3 is 2.50 bits per heavy atom. The van der Waals surface area contributed by atoms with Crippen molar-refractivity contribution in [1.29, 1.82) is 0 Å². The molecule has 0 amide bonds. The maximum Gasteiger partial charge on any atom is 0.416 e. The number of hydrogen-bond acceptors (Lipinski definition) is 1. The molecular formula is C10H10F3N. The number of halogens is 3. The fourth-order valence-corrected chi connectivity index (χ4v) is 1.21. The number of alkyl halides is 3. The van der Waals surface area contributed by atoms with Crippen LogP contribution < -0.4 is 0 Å². The quantitative estimate of drug-likeness (QED) is 0.678. The Kier molecular flexibility index (Phi) is 2.93. The van der Waals surface area contributed by atoms with Crippen LogP contribution >= 0.6 is 0 Å². The number of rotatable bonds is 1. The summed E-state index contributed by atoms with van der Waals surface area (Å²) in [6.45, 7) is 3.03. The van der Waals surface area contributed by atoms with Crippen molar-refractivity contribution in [3.63, 3.8) is 0 Å². The van der Waals surface area contributed by atoms with Crippen LogP contribution in [0.4, 0.5) is 13.2 Å². The molecule has 0 saturated carbocycles. The van der Waals surface area contributed by atoms with Crippen LogP contribution in [0.1, 0.15) is 18.2 Å². The van der Waals surface area contributed by atoms with Crippen LogP contribution in [0, 0.1) is 6.92 Å². The molecule has 0 fully saturated rings. The normalized spacial score (nSPS) is 13.1. The Balaban J connectivity index is 3.16. The molecule has 0 N–H and O–H groups in total. The molecule has 1 rings (SSSR count). The third-order valence-corrected chi connectivity index (χ3v) is 1.80. The fourth-order valence-electron chi connectivity index (χ4n) is 1.21. The van der Waals surface area contributed by atoms with E-state index in [1.165, 1.54) is 25.3 Å². The van der Waals surface area contributed by atoms with Gasteiger partial charge in [0.25, 0.3) is 0 Å². The van der Waals surface area contributed by atoms with Crippen molar-refractivity contribution in [1.82, 2.24) is 4.98 Å². The van der Waals surface area contributed by atoms with E-state index in [-0.39, 0.29) is 5.56 Å². The molecule has 0 unspecified atom stereocenters. The van der Waals surface area contributed by atoms with E-state index in [9.17, 15) is 13.2 Å². The molecule has 0 aliphatic carbocycles. The van der Waals surface area contributed by atoms with Gasteiger partial charge in [-0.05, 0) is 31.5 Å². The summed E-state index contributed by atoms with van der Waals surface area (Å²) in [6.07, 6.45) is -1.86. The van der Waals surface area contributed by atoms with E-state index in [0.29, 0.717) is 5.69 Å². The van der Waals surface area contributed by atoms with Gasteiger partial charge in [-0.25, -0.2) is 0 Å². The molecule has 0 radical (unpaired) electrons. The standard InChI is InChI=1S/C10H10F3N/c1-3-9(10(11,12)13)8-4-5-14-7(2)6-8/h3-6H,1-2H3/b9-3-. The molecule has 14 heavy (non-hydrogen) atoms. The van der Waals surface area contributed by atoms with Crippen molar-refractivity contribution in [2.75, 3.05) is 0 Å². The van der Waals surface area contributed by atoms with Crippen molar-refractivity contribution in [3.05, 3.63) is 35.7 Å². The average Bonchev–Trinajstić information content (AvgIpc) is 2.02. The summed E-state index contributed by atoms with van der Waals surface area (Å²) >= 11 is 0. The molecule has 1 heterocycles. The van der Waals surface area contributed by atoms with Crippen LogP contribution in [0.25, 0.3) is 5.57 Å². The van der Waals surface area contributed by atoms with Gasteiger partial charge in [0.05, 0.1) is 5.57 Å². The molecule has 0 spiro atoms. The average molecular weight is 201 g/mol. The van der Waals surface area contributed by atoms with Gasteiger partial charge in [-0.15, -0.1) is 0 Å². The van der Waals surface area contributed by atoms with Crippen LogP contribution in [0.2, 0.25) is 0 Å². The number of hydrogen-bond donors (Lipinski definition) is 0. The van der Waals surface area contributed by atoms with Crippen molar-refractivity contribution >= 4 is 5.57 Å². The fraction of sp³-hybridized carbons (Fsp3) is 0.300. The highest BCUT2D eigenvalue weighted by Crippen LogP contribution is 2.33. The molecule has 4 heteroatoms. The SMILES string of the molecule is C/C=C(/c1ccnc(C)c1)C(F)(F)F. The van der Waals surface area contributed by atoms with Gasteiger partial charge in [0, 0.05) is 11.9 Å². The summed E-state index contributed by atoms with van der Waals surface area (Å²) in [5, 5.41) is 0. The highest BCUT2D eigenvalue weighted by molar-refractivity contribution is 5.69. The molecule has 0 atom stereocenters. The zero-order valence-electron chi connectivity index (χ0n) is 7.89. The third kappa shape index (κ3) is 2.34. The van der Waals surface area contributed by atoms with Gasteiger partial charge < -0.3 is 0 Å². The number of allylic oxidation sites excluding steroid dienone is 2. The largest absolute Gasteiger partial charge is 0.416 e. The van der Waals surface area contributed by atoms with Crippen LogP contribution in [-0.4, -0.2) is 11.2 Å². The van der Waals surface area contributed by atoms with E-state index < -0.39 is 11.7 Å². The Labute approximate surface area is 80.3 Å². The van der Waals surface area contributed by atoms with E-state index in [1.807, 2.05) is 0 Å². The zero-order chi connectivity index (χ0) is 10.8. The summed E-state index contributed by atoms with van der Waals surface area (Å²) in [7, 11) is 0. The molecular weight excluding hydrogens is 191 g/mol. The predicted octanol–water partition coefficient (Wildman–Crippen LogP) is 3.36. The molecule has 1 aromatic heterocycles. The molecule has 1 nitrogen and oxygen atoms in total. The second kappa shape index (κ2) is 3.82. The first-order valence-corrected chi connectivity index (χ1v) is 4.11. The lowest BCUT2D eigenvalue weighted by Crippen LogP contribution is -2.10. The number of pyridine rings is 1. The zero-order valence-corrected chi connectivity index (χ0v) is 7.89. The highest BCUT2D eigenvalue weighted by atomic mass is 19.4. The first kappa shape index (κ1) is 10.8. The second-order valence-electron chi connectivity index (χ2n) is 2.89.